The average Bonchev–Trinajstić information content (AvgIpc) is 2.79. The van der Waals surface area contributed by atoms with E-state index in [4.69, 9.17) is 27.9 Å². The minimum atomic E-state index is -0.991. The van der Waals surface area contributed by atoms with Gasteiger partial charge >= 0.3 is 5.97 Å². The maximum Gasteiger partial charge on any atom is 0.335 e. The normalized spacial score (nSPS) is 10.8. The molecule has 1 heterocycles. The average molecular weight is 454 g/mol. The topological polar surface area (TPSA) is 84.3 Å². The molecule has 0 unspecified atom stereocenters. The van der Waals surface area contributed by atoms with Crippen LogP contribution in [-0.2, 0) is 0 Å². The van der Waals surface area contributed by atoms with Crippen molar-refractivity contribution < 1.29 is 14.6 Å². The molecule has 0 saturated heterocycles. The summed E-state index contributed by atoms with van der Waals surface area (Å²) in [7, 11) is 3.30. The van der Waals surface area contributed by atoms with Crippen molar-refractivity contribution in [3.05, 3.63) is 70.3 Å². The fraction of sp³-hybridized carbons (Fsp3) is 0.0870. The Labute approximate surface area is 188 Å². The number of benzene rings is 3. The summed E-state index contributed by atoms with van der Waals surface area (Å²) in [5.41, 5.74) is 3.80. The number of hydrogen-bond acceptors (Lipinski definition) is 5. The Morgan fingerprint density at radius 1 is 1.03 bits per heavy atom. The zero-order valence-corrected chi connectivity index (χ0v) is 18.1. The molecule has 0 fully saturated rings. The molecule has 0 aliphatic heterocycles. The summed E-state index contributed by atoms with van der Waals surface area (Å²) in [6.07, 6.45) is 1.71. The van der Waals surface area contributed by atoms with Gasteiger partial charge in [0, 0.05) is 39.8 Å². The van der Waals surface area contributed by atoms with Gasteiger partial charge in [0.15, 0.2) is 5.75 Å². The molecular formula is C23H17Cl2N3O3. The van der Waals surface area contributed by atoms with Gasteiger partial charge in [0.25, 0.3) is 0 Å². The summed E-state index contributed by atoms with van der Waals surface area (Å²) >= 11 is 12.8. The lowest BCUT2D eigenvalue weighted by Gasteiger charge is -2.17. The van der Waals surface area contributed by atoms with Crippen LogP contribution in [0.5, 0.6) is 5.75 Å². The molecule has 3 aromatic carbocycles. The van der Waals surface area contributed by atoms with Gasteiger partial charge in [0.2, 0.25) is 5.95 Å². The van der Waals surface area contributed by atoms with E-state index in [0.717, 1.165) is 27.6 Å². The van der Waals surface area contributed by atoms with E-state index in [-0.39, 0.29) is 5.56 Å². The number of carbonyl (C=O) groups is 1. The van der Waals surface area contributed by atoms with Crippen LogP contribution in [0.3, 0.4) is 0 Å². The molecular weight excluding hydrogens is 437 g/mol. The first-order chi connectivity index (χ1) is 14.9. The number of fused-ring (bicyclic) bond motifs is 1. The Balaban J connectivity index is 2.08. The van der Waals surface area contributed by atoms with Crippen LogP contribution in [0.1, 0.15) is 10.4 Å². The quantitative estimate of drug-likeness (QED) is 0.384. The van der Waals surface area contributed by atoms with Gasteiger partial charge in [-0.05, 0) is 47.5 Å². The van der Waals surface area contributed by atoms with Gasteiger partial charge in [-0.3, -0.25) is 0 Å². The summed E-state index contributed by atoms with van der Waals surface area (Å²) < 4.78 is 5.74. The van der Waals surface area contributed by atoms with Crippen LogP contribution in [0, 0.1) is 0 Å². The molecule has 0 aliphatic rings. The predicted molar refractivity (Wildman–Crippen MR) is 123 cm³/mol. The van der Waals surface area contributed by atoms with Crippen molar-refractivity contribution in [2.24, 2.45) is 0 Å². The molecule has 0 aliphatic carbocycles. The zero-order chi connectivity index (χ0) is 22.1. The van der Waals surface area contributed by atoms with E-state index in [9.17, 15) is 9.90 Å². The van der Waals surface area contributed by atoms with Gasteiger partial charge in [-0.15, -0.1) is 0 Å². The molecule has 156 valence electrons. The Morgan fingerprint density at radius 2 is 1.77 bits per heavy atom. The highest BCUT2D eigenvalue weighted by molar-refractivity contribution is 6.35. The van der Waals surface area contributed by atoms with Crippen LogP contribution in [0.2, 0.25) is 10.0 Å². The van der Waals surface area contributed by atoms with Crippen molar-refractivity contribution >= 4 is 46.0 Å². The van der Waals surface area contributed by atoms with Crippen molar-refractivity contribution in [1.29, 1.82) is 0 Å². The number of nitrogens with zero attached hydrogens (tertiary/aromatic N) is 2. The standard InChI is InChI=1S/C23H17Cl2N3O3/c1-26-23-27-11-18-16(17-9-14(24)7-8-19(17)25)10-15(21(31-2)20(18)28-23)12-3-5-13(6-4-12)22(29)30/h3-11H,1-2H3,(H,29,30)(H,26,27,28). The van der Waals surface area contributed by atoms with Crippen molar-refractivity contribution in [3.63, 3.8) is 0 Å². The Bertz CT molecular complexity index is 1310. The fourth-order valence-electron chi connectivity index (χ4n) is 3.43. The first-order valence-corrected chi connectivity index (χ1v) is 10.0. The van der Waals surface area contributed by atoms with Crippen molar-refractivity contribution in [2.75, 3.05) is 19.5 Å². The zero-order valence-electron chi connectivity index (χ0n) is 16.6. The summed E-state index contributed by atoms with van der Waals surface area (Å²) in [5.74, 6) is -0.0129. The smallest absolute Gasteiger partial charge is 0.335 e. The third-order valence-electron chi connectivity index (χ3n) is 4.92. The molecule has 8 heteroatoms. The van der Waals surface area contributed by atoms with Gasteiger partial charge in [-0.2, -0.15) is 0 Å². The largest absolute Gasteiger partial charge is 0.494 e. The lowest BCUT2D eigenvalue weighted by atomic mass is 9.94. The number of aromatic nitrogens is 2. The Kier molecular flexibility index (Phi) is 5.67. The molecule has 0 atom stereocenters. The molecule has 6 nitrogen and oxygen atoms in total. The molecule has 2 N–H and O–H groups in total. The maximum atomic E-state index is 11.2. The highest BCUT2D eigenvalue weighted by Gasteiger charge is 2.19. The van der Waals surface area contributed by atoms with E-state index in [1.807, 2.05) is 6.07 Å². The highest BCUT2D eigenvalue weighted by Crippen LogP contribution is 2.43. The Morgan fingerprint density at radius 3 is 2.42 bits per heavy atom. The molecule has 0 bridgehead atoms. The number of anilines is 1. The maximum absolute atomic E-state index is 11.2. The lowest BCUT2D eigenvalue weighted by molar-refractivity contribution is 0.0697. The number of carboxylic acid groups (broad SMARTS) is 1. The number of nitrogens with one attached hydrogen (secondary N) is 1. The molecule has 4 rings (SSSR count). The monoisotopic (exact) mass is 453 g/mol. The van der Waals surface area contributed by atoms with E-state index in [1.54, 1.807) is 62.8 Å². The van der Waals surface area contributed by atoms with Gasteiger partial charge in [-0.25, -0.2) is 14.8 Å². The van der Waals surface area contributed by atoms with Crippen LogP contribution in [0.25, 0.3) is 33.2 Å². The van der Waals surface area contributed by atoms with Crippen molar-refractivity contribution in [1.82, 2.24) is 9.97 Å². The number of methoxy groups -OCH3 is 1. The van der Waals surface area contributed by atoms with E-state index in [1.165, 1.54) is 0 Å². The van der Waals surface area contributed by atoms with Crippen molar-refractivity contribution in [2.45, 2.75) is 0 Å². The van der Waals surface area contributed by atoms with Gasteiger partial charge in [-0.1, -0.05) is 35.3 Å². The van der Waals surface area contributed by atoms with Crippen LogP contribution in [-0.4, -0.2) is 35.2 Å². The Hall–Kier alpha value is -3.35. The second kappa shape index (κ2) is 8.41. The van der Waals surface area contributed by atoms with E-state index in [2.05, 4.69) is 15.3 Å². The third-order valence-corrected chi connectivity index (χ3v) is 5.48. The summed E-state index contributed by atoms with van der Waals surface area (Å²) in [6, 6.07) is 13.7. The number of carboxylic acids is 1. The van der Waals surface area contributed by atoms with Crippen LogP contribution in [0.4, 0.5) is 5.95 Å². The lowest BCUT2D eigenvalue weighted by Crippen LogP contribution is -2.00. The molecule has 0 spiro atoms. The number of aromatic carboxylic acids is 1. The van der Waals surface area contributed by atoms with Gasteiger partial charge < -0.3 is 15.2 Å². The van der Waals surface area contributed by atoms with Gasteiger partial charge in [0.05, 0.1) is 12.7 Å². The van der Waals surface area contributed by atoms with Crippen LogP contribution in [0.15, 0.2) is 54.7 Å². The predicted octanol–water partition coefficient (Wildman–Crippen LogP) is 6.02. The SMILES string of the molecule is CNc1ncc2c(-c3cc(Cl)ccc3Cl)cc(-c3ccc(C(=O)O)cc3)c(OC)c2n1. The molecule has 4 aromatic rings. The number of hydrogen-bond donors (Lipinski definition) is 2. The van der Waals surface area contributed by atoms with Crippen molar-refractivity contribution in [3.8, 4) is 28.0 Å². The molecule has 1 aromatic heterocycles. The van der Waals surface area contributed by atoms with Gasteiger partial charge in [0.1, 0.15) is 5.52 Å². The van der Waals surface area contributed by atoms with Crippen LogP contribution >= 0.6 is 23.2 Å². The minimum absolute atomic E-state index is 0.196. The number of rotatable bonds is 5. The summed E-state index contributed by atoms with van der Waals surface area (Å²) in [5, 5.41) is 14.0. The minimum Gasteiger partial charge on any atom is -0.494 e. The van der Waals surface area contributed by atoms with E-state index < -0.39 is 5.97 Å². The molecule has 0 radical (unpaired) electrons. The second-order valence-corrected chi connectivity index (χ2v) is 7.56. The number of halogens is 2. The number of ether oxygens (including phenoxy) is 1. The first-order valence-electron chi connectivity index (χ1n) is 9.27. The highest BCUT2D eigenvalue weighted by atomic mass is 35.5. The fourth-order valence-corrected chi connectivity index (χ4v) is 3.82. The summed E-state index contributed by atoms with van der Waals surface area (Å²) in [4.78, 5) is 20.2. The van der Waals surface area contributed by atoms with E-state index in [0.29, 0.717) is 27.3 Å². The van der Waals surface area contributed by atoms with Crippen LogP contribution < -0.4 is 10.1 Å². The molecule has 0 saturated carbocycles. The second-order valence-electron chi connectivity index (χ2n) is 6.72. The summed E-state index contributed by atoms with van der Waals surface area (Å²) in [6.45, 7) is 0. The van der Waals surface area contributed by atoms with E-state index >= 15 is 0 Å². The first kappa shape index (κ1) is 20.9. The molecule has 31 heavy (non-hydrogen) atoms. The molecule has 0 amide bonds. The third kappa shape index (κ3) is 3.87.